The SMILES string of the molecule is COc1ccc2c(OC3CC4C(=O)NC5(CC(=O)NS(=O)(=O)C6(CF)CC6)CC5C=CCCC(C)CC(C)C(NC(=O)OC(C)(C)C(F)(F)F)C(=O)N4C3)cc(Cl)nc2c1. The smallest absolute Gasteiger partial charge is 0.427 e. The number of alkyl carbamates (subject to hydrolysis) is 1. The van der Waals surface area contributed by atoms with Crippen molar-refractivity contribution in [1.29, 1.82) is 0 Å². The van der Waals surface area contributed by atoms with Gasteiger partial charge in [0.2, 0.25) is 33.3 Å². The Morgan fingerprint density at radius 1 is 1.12 bits per heavy atom. The molecule has 3 fully saturated rings. The number of halogens is 5. The summed E-state index contributed by atoms with van der Waals surface area (Å²) >= 11 is 6.37. The normalized spacial score (nSPS) is 28.3. The van der Waals surface area contributed by atoms with E-state index in [9.17, 15) is 45.2 Å². The molecule has 0 radical (unpaired) electrons. The van der Waals surface area contributed by atoms with Gasteiger partial charge in [-0.25, -0.2) is 22.6 Å². The van der Waals surface area contributed by atoms with Crippen LogP contribution in [0.5, 0.6) is 11.5 Å². The van der Waals surface area contributed by atoms with Crippen molar-refractivity contribution in [3.8, 4) is 11.5 Å². The topological polar surface area (TPSA) is 182 Å². The van der Waals surface area contributed by atoms with Crippen LogP contribution in [0.1, 0.15) is 79.1 Å². The molecular formula is C40H50ClF4N5O9S. The first-order valence-electron chi connectivity index (χ1n) is 19.8. The number of carbonyl (C=O) groups is 4. The Bertz CT molecular complexity index is 2150. The lowest BCUT2D eigenvalue weighted by atomic mass is 9.88. The molecule has 6 rings (SSSR count). The number of nitrogens with one attached hydrogen (secondary N) is 3. The third kappa shape index (κ3) is 9.56. The number of carbonyl (C=O) groups excluding carboxylic acids is 4. The van der Waals surface area contributed by atoms with Crippen LogP contribution < -0.4 is 24.8 Å². The molecular weight excluding hydrogens is 838 g/mol. The van der Waals surface area contributed by atoms with Gasteiger partial charge in [0.05, 0.1) is 31.1 Å². The number of pyridine rings is 1. The minimum absolute atomic E-state index is 0.0479. The highest BCUT2D eigenvalue weighted by Crippen LogP contribution is 2.49. The molecule has 4 aliphatic rings. The second-order valence-electron chi connectivity index (χ2n) is 17.1. The number of amides is 4. The van der Waals surface area contributed by atoms with E-state index in [4.69, 9.17) is 25.8 Å². The first kappa shape index (κ1) is 45.1. The maximum absolute atomic E-state index is 14.8. The summed E-state index contributed by atoms with van der Waals surface area (Å²) in [6.07, 6.45) is -2.26. The van der Waals surface area contributed by atoms with E-state index in [-0.39, 0.29) is 49.0 Å². The molecule has 7 atom stereocenters. The summed E-state index contributed by atoms with van der Waals surface area (Å²) in [7, 11) is -2.87. The average molecular weight is 888 g/mol. The molecule has 4 amide bonds. The number of sulfonamides is 1. The number of fused-ring (bicyclic) bond motifs is 3. The van der Waals surface area contributed by atoms with Gasteiger partial charge in [0.15, 0.2) is 0 Å². The fourth-order valence-corrected chi connectivity index (χ4v) is 9.59. The number of benzene rings is 1. The summed E-state index contributed by atoms with van der Waals surface area (Å²) in [4.78, 5) is 61.4. The maximum atomic E-state index is 14.8. The van der Waals surface area contributed by atoms with E-state index in [1.165, 1.54) is 18.1 Å². The fraction of sp³-hybridized carbons (Fsp3) is 0.625. The van der Waals surface area contributed by atoms with Crippen LogP contribution in [0.2, 0.25) is 5.15 Å². The predicted octanol–water partition coefficient (Wildman–Crippen LogP) is 5.91. The third-order valence-electron chi connectivity index (χ3n) is 12.0. The Labute approximate surface area is 350 Å². The number of aromatic nitrogens is 1. The molecule has 14 nitrogen and oxygen atoms in total. The highest BCUT2D eigenvalue weighted by molar-refractivity contribution is 7.91. The molecule has 0 spiro atoms. The van der Waals surface area contributed by atoms with Gasteiger partial charge in [0, 0.05) is 29.9 Å². The number of alkyl halides is 4. The lowest BCUT2D eigenvalue weighted by Crippen LogP contribution is -2.58. The van der Waals surface area contributed by atoms with Crippen molar-refractivity contribution in [2.75, 3.05) is 20.3 Å². The Morgan fingerprint density at radius 2 is 1.83 bits per heavy atom. The van der Waals surface area contributed by atoms with Crippen molar-refractivity contribution in [3.05, 3.63) is 41.6 Å². The standard InChI is InChI=1S/C40H50ClF4N5O9S/c1-22-8-6-7-9-24-18-39(24,19-32(51)49-60(55,56)38(21-42)12-13-38)48-34(52)29-16-26(58-30-17-31(41)46-28-15-25(57-5)10-11-27(28)30)20-50(29)35(53)33(23(2)14-22)47-36(54)59-37(3,4)40(43,44)45/h7,9-11,15,17,22-24,26,29,33H,6,8,12-14,16,18-21H2,1-5H3,(H,47,54)(H,48,52)(H,49,51). The van der Waals surface area contributed by atoms with Crippen molar-refractivity contribution in [2.24, 2.45) is 17.8 Å². The molecule has 0 bridgehead atoms. The number of methoxy groups -OCH3 is 1. The molecule has 20 heteroatoms. The highest BCUT2D eigenvalue weighted by atomic mass is 35.5. The van der Waals surface area contributed by atoms with Gasteiger partial charge in [-0.05, 0) is 76.3 Å². The van der Waals surface area contributed by atoms with Crippen LogP contribution in [0.15, 0.2) is 36.4 Å². The van der Waals surface area contributed by atoms with E-state index < -0.39 is 99.0 Å². The summed E-state index contributed by atoms with van der Waals surface area (Å²) in [5.41, 5.74) is -3.74. The molecule has 2 aliphatic carbocycles. The highest BCUT2D eigenvalue weighted by Gasteiger charge is 2.59. The molecule has 2 aliphatic heterocycles. The van der Waals surface area contributed by atoms with Crippen molar-refractivity contribution < 1.29 is 59.4 Å². The van der Waals surface area contributed by atoms with E-state index in [1.807, 2.05) is 23.8 Å². The summed E-state index contributed by atoms with van der Waals surface area (Å²) in [6, 6.07) is 3.74. The second-order valence-corrected chi connectivity index (χ2v) is 19.6. The van der Waals surface area contributed by atoms with Gasteiger partial charge in [-0.3, -0.25) is 19.1 Å². The zero-order valence-electron chi connectivity index (χ0n) is 33.9. The lowest BCUT2D eigenvalue weighted by Gasteiger charge is -2.34. The molecule has 60 heavy (non-hydrogen) atoms. The summed E-state index contributed by atoms with van der Waals surface area (Å²) in [5, 5.41) is 5.91. The predicted molar refractivity (Wildman–Crippen MR) is 211 cm³/mol. The number of ether oxygens (including phenoxy) is 3. The monoisotopic (exact) mass is 887 g/mol. The van der Waals surface area contributed by atoms with Crippen molar-refractivity contribution in [2.45, 2.75) is 119 Å². The Balaban J connectivity index is 1.34. The van der Waals surface area contributed by atoms with Gasteiger partial charge in [0.1, 0.15) is 46.3 Å². The van der Waals surface area contributed by atoms with E-state index in [0.717, 1.165) is 0 Å². The van der Waals surface area contributed by atoms with Crippen LogP contribution in [0.3, 0.4) is 0 Å². The van der Waals surface area contributed by atoms with Crippen LogP contribution in [-0.2, 0) is 29.1 Å². The van der Waals surface area contributed by atoms with Gasteiger partial charge in [-0.15, -0.1) is 0 Å². The van der Waals surface area contributed by atoms with Gasteiger partial charge in [0.25, 0.3) is 0 Å². The summed E-state index contributed by atoms with van der Waals surface area (Å²) < 4.78 is 97.7. The van der Waals surface area contributed by atoms with Gasteiger partial charge < -0.3 is 29.7 Å². The molecule has 3 N–H and O–H groups in total. The van der Waals surface area contributed by atoms with Crippen molar-refractivity contribution in [1.82, 2.24) is 25.2 Å². The van der Waals surface area contributed by atoms with E-state index in [0.29, 0.717) is 49.8 Å². The summed E-state index contributed by atoms with van der Waals surface area (Å²) in [6.45, 7) is 3.58. The third-order valence-corrected chi connectivity index (χ3v) is 14.4. The minimum Gasteiger partial charge on any atom is -0.497 e. The maximum Gasteiger partial charge on any atom is 0.427 e. The van der Waals surface area contributed by atoms with Crippen molar-refractivity contribution in [3.63, 3.8) is 0 Å². The minimum atomic E-state index is -4.93. The van der Waals surface area contributed by atoms with Crippen LogP contribution in [0.25, 0.3) is 10.9 Å². The van der Waals surface area contributed by atoms with Gasteiger partial charge in [-0.1, -0.05) is 37.6 Å². The van der Waals surface area contributed by atoms with E-state index in [1.54, 1.807) is 25.1 Å². The molecule has 330 valence electrons. The van der Waals surface area contributed by atoms with Gasteiger partial charge >= 0.3 is 12.3 Å². The molecule has 1 aromatic heterocycles. The average Bonchev–Trinajstić information content (AvgIpc) is 4.04. The number of hydrogen-bond donors (Lipinski definition) is 3. The van der Waals surface area contributed by atoms with E-state index in [2.05, 4.69) is 15.6 Å². The Hall–Kier alpha value is -4.39. The van der Waals surface area contributed by atoms with E-state index >= 15 is 0 Å². The van der Waals surface area contributed by atoms with Gasteiger partial charge in [-0.2, -0.15) is 13.2 Å². The molecule has 3 heterocycles. The second kappa shape index (κ2) is 16.8. The number of nitrogens with zero attached hydrogens (tertiary/aromatic N) is 2. The first-order valence-corrected chi connectivity index (χ1v) is 21.7. The number of rotatable bonds is 10. The van der Waals surface area contributed by atoms with Crippen molar-refractivity contribution >= 4 is 56.3 Å². The number of allylic oxidation sites excluding steroid dienone is 1. The lowest BCUT2D eigenvalue weighted by molar-refractivity contribution is -0.244. The zero-order valence-corrected chi connectivity index (χ0v) is 35.4. The largest absolute Gasteiger partial charge is 0.497 e. The quantitative estimate of drug-likeness (QED) is 0.148. The molecule has 2 saturated carbocycles. The molecule has 1 aromatic carbocycles. The zero-order chi connectivity index (χ0) is 44.0. The number of hydrogen-bond acceptors (Lipinski definition) is 10. The van der Waals surface area contributed by atoms with Crippen LogP contribution in [0, 0.1) is 17.8 Å². The van der Waals surface area contributed by atoms with Crippen LogP contribution >= 0.6 is 11.6 Å². The molecule has 7 unspecified atom stereocenters. The molecule has 1 saturated heterocycles. The van der Waals surface area contributed by atoms with Crippen LogP contribution in [0.4, 0.5) is 22.4 Å². The fourth-order valence-electron chi connectivity index (χ4n) is 8.03. The molecule has 2 aromatic rings. The Morgan fingerprint density at radius 3 is 2.48 bits per heavy atom. The summed E-state index contributed by atoms with van der Waals surface area (Å²) in [5.74, 6) is -2.78. The Kier molecular flexibility index (Phi) is 12.7. The first-order chi connectivity index (χ1) is 28.0. The van der Waals surface area contributed by atoms with Crippen LogP contribution in [-0.4, -0.2) is 103 Å².